The summed E-state index contributed by atoms with van der Waals surface area (Å²) in [6, 6.07) is 22.5. The molecule has 1 N–H and O–H groups in total. The summed E-state index contributed by atoms with van der Waals surface area (Å²) < 4.78 is 2.18. The van der Waals surface area contributed by atoms with E-state index in [1.54, 1.807) is 12.1 Å². The second-order valence-corrected chi connectivity index (χ2v) is 8.67. The highest BCUT2D eigenvalue weighted by Crippen LogP contribution is 2.40. The van der Waals surface area contributed by atoms with E-state index in [0.717, 1.165) is 38.3 Å². The lowest BCUT2D eigenvalue weighted by Gasteiger charge is -2.18. The van der Waals surface area contributed by atoms with Crippen LogP contribution in [0.1, 0.15) is 16.8 Å². The number of non-ortho nitro benzene ring substituents is 1. The first kappa shape index (κ1) is 20.1. The third kappa shape index (κ3) is 3.56. The van der Waals surface area contributed by atoms with Crippen molar-refractivity contribution < 1.29 is 9.72 Å². The zero-order valence-corrected chi connectivity index (χ0v) is 18.1. The van der Waals surface area contributed by atoms with E-state index < -0.39 is 4.92 Å². The molecule has 6 nitrogen and oxygen atoms in total. The molecule has 0 bridgehead atoms. The topological polar surface area (TPSA) is 77.2 Å². The van der Waals surface area contributed by atoms with Crippen LogP contribution >= 0.6 is 11.8 Å². The highest BCUT2D eigenvalue weighted by Gasteiger charge is 2.22. The Morgan fingerprint density at radius 3 is 2.53 bits per heavy atom. The van der Waals surface area contributed by atoms with Crippen molar-refractivity contribution in [3.05, 3.63) is 105 Å². The van der Waals surface area contributed by atoms with Gasteiger partial charge in [-0.3, -0.25) is 14.9 Å². The molecule has 0 spiro atoms. The fourth-order valence-corrected chi connectivity index (χ4v) is 4.92. The summed E-state index contributed by atoms with van der Waals surface area (Å²) in [4.78, 5) is 25.0. The molecule has 0 atom stereocenters. The van der Waals surface area contributed by atoms with Gasteiger partial charge >= 0.3 is 0 Å². The molecular formula is C25H19N3O3S. The van der Waals surface area contributed by atoms with E-state index in [2.05, 4.69) is 22.0 Å². The number of para-hydroxylation sites is 2. The summed E-state index contributed by atoms with van der Waals surface area (Å²) in [6.07, 6.45) is 1.96. The Kier molecular flexibility index (Phi) is 5.03. The minimum absolute atomic E-state index is 0.0777. The van der Waals surface area contributed by atoms with E-state index in [9.17, 15) is 14.9 Å². The minimum Gasteiger partial charge on any atom is -0.340 e. The van der Waals surface area contributed by atoms with Gasteiger partial charge in [0.1, 0.15) is 0 Å². The first-order valence-corrected chi connectivity index (χ1v) is 10.9. The monoisotopic (exact) mass is 441 g/mol. The molecule has 4 aromatic rings. The van der Waals surface area contributed by atoms with Crippen molar-refractivity contribution in [1.82, 2.24) is 4.57 Å². The molecule has 0 fully saturated rings. The third-order valence-corrected chi connectivity index (χ3v) is 6.72. The van der Waals surface area contributed by atoms with Crippen LogP contribution in [-0.4, -0.2) is 15.4 Å². The summed E-state index contributed by atoms with van der Waals surface area (Å²) in [5.74, 6) is -0.111. The molecule has 0 aliphatic carbocycles. The maximum absolute atomic E-state index is 12.7. The van der Waals surface area contributed by atoms with Crippen LogP contribution in [0, 0.1) is 17.0 Å². The van der Waals surface area contributed by atoms with Gasteiger partial charge < -0.3 is 9.88 Å². The smallest absolute Gasteiger partial charge is 0.269 e. The SMILES string of the molecule is Cc1c(/C=C2\Sc3ccccc3NC2=O)c2ccccc2n1Cc1ccc([N+](=O)[O-])cc1. The van der Waals surface area contributed by atoms with E-state index in [4.69, 9.17) is 0 Å². The Bertz CT molecular complexity index is 1400. The number of nitrogens with zero attached hydrogens (tertiary/aromatic N) is 2. The van der Waals surface area contributed by atoms with Crippen molar-refractivity contribution in [3.8, 4) is 0 Å². The first-order valence-electron chi connectivity index (χ1n) is 10.1. The Labute approximate surface area is 188 Å². The minimum atomic E-state index is -0.393. The van der Waals surface area contributed by atoms with E-state index in [1.165, 1.54) is 23.9 Å². The van der Waals surface area contributed by atoms with Crippen LogP contribution in [-0.2, 0) is 11.3 Å². The normalized spacial score (nSPS) is 14.4. The van der Waals surface area contributed by atoms with Gasteiger partial charge in [-0.1, -0.05) is 54.2 Å². The van der Waals surface area contributed by atoms with Crippen LogP contribution in [0.3, 0.4) is 0 Å². The molecule has 0 radical (unpaired) electrons. The molecule has 1 aliphatic heterocycles. The summed E-state index contributed by atoms with van der Waals surface area (Å²) in [5, 5.41) is 15.0. The Morgan fingerprint density at radius 2 is 1.75 bits per heavy atom. The molecule has 1 aromatic heterocycles. The predicted molar refractivity (Wildman–Crippen MR) is 128 cm³/mol. The van der Waals surface area contributed by atoms with Crippen LogP contribution in [0.25, 0.3) is 17.0 Å². The first-order chi connectivity index (χ1) is 15.5. The number of benzene rings is 3. The van der Waals surface area contributed by atoms with Gasteiger partial charge in [-0.2, -0.15) is 0 Å². The number of hydrogen-bond acceptors (Lipinski definition) is 4. The molecule has 0 unspecified atom stereocenters. The number of carbonyl (C=O) groups excluding carboxylic acids is 1. The standard InChI is InChI=1S/C25H19N3O3S/c1-16-20(14-24-25(29)26-21-7-3-5-9-23(21)32-24)19-6-2-4-8-22(19)27(16)15-17-10-12-18(13-11-17)28(30)31/h2-14H,15H2,1H3,(H,26,29)/b24-14-. The van der Waals surface area contributed by atoms with Crippen molar-refractivity contribution in [1.29, 1.82) is 0 Å². The van der Waals surface area contributed by atoms with Gasteiger partial charge in [0, 0.05) is 45.7 Å². The molecule has 3 aromatic carbocycles. The van der Waals surface area contributed by atoms with Gasteiger partial charge in [-0.15, -0.1) is 0 Å². The fourth-order valence-electron chi connectivity index (χ4n) is 3.98. The Morgan fingerprint density at radius 1 is 1.03 bits per heavy atom. The summed E-state index contributed by atoms with van der Waals surface area (Å²) in [6.45, 7) is 2.62. The number of nitro benzene ring substituents is 1. The molecular weight excluding hydrogens is 422 g/mol. The van der Waals surface area contributed by atoms with Crippen molar-refractivity contribution in [2.45, 2.75) is 18.4 Å². The number of fused-ring (bicyclic) bond motifs is 2. The number of nitro groups is 1. The summed E-state index contributed by atoms with van der Waals surface area (Å²) in [5.41, 5.74) is 4.96. The molecule has 1 amide bonds. The molecule has 0 saturated heterocycles. The van der Waals surface area contributed by atoms with E-state index in [0.29, 0.717) is 11.4 Å². The third-order valence-electron chi connectivity index (χ3n) is 5.62. The second-order valence-electron chi connectivity index (χ2n) is 7.59. The van der Waals surface area contributed by atoms with Crippen LogP contribution in [0.2, 0.25) is 0 Å². The van der Waals surface area contributed by atoms with Crippen molar-refractivity contribution in [2.75, 3.05) is 5.32 Å². The Balaban J connectivity index is 1.56. The summed E-state index contributed by atoms with van der Waals surface area (Å²) in [7, 11) is 0. The van der Waals surface area contributed by atoms with E-state index >= 15 is 0 Å². The average molecular weight is 442 g/mol. The van der Waals surface area contributed by atoms with Crippen LogP contribution < -0.4 is 5.32 Å². The quantitative estimate of drug-likeness (QED) is 0.240. The molecule has 1 aliphatic rings. The molecule has 32 heavy (non-hydrogen) atoms. The van der Waals surface area contributed by atoms with Crippen LogP contribution in [0.15, 0.2) is 82.6 Å². The lowest BCUT2D eigenvalue weighted by Crippen LogP contribution is -2.17. The van der Waals surface area contributed by atoms with Crippen molar-refractivity contribution in [2.24, 2.45) is 0 Å². The number of nitrogens with one attached hydrogen (secondary N) is 1. The van der Waals surface area contributed by atoms with Crippen molar-refractivity contribution >= 4 is 46.0 Å². The zero-order valence-electron chi connectivity index (χ0n) is 17.2. The number of aromatic nitrogens is 1. The van der Waals surface area contributed by atoms with Gasteiger partial charge in [0.05, 0.1) is 15.5 Å². The number of amides is 1. The van der Waals surface area contributed by atoms with Gasteiger partial charge in [-0.25, -0.2) is 0 Å². The highest BCUT2D eigenvalue weighted by atomic mass is 32.2. The molecule has 2 heterocycles. The fraction of sp³-hybridized carbons (Fsp3) is 0.0800. The number of rotatable bonds is 4. The lowest BCUT2D eigenvalue weighted by molar-refractivity contribution is -0.384. The summed E-state index contributed by atoms with van der Waals surface area (Å²) >= 11 is 1.47. The zero-order chi connectivity index (χ0) is 22.2. The number of thioether (sulfide) groups is 1. The average Bonchev–Trinajstić information content (AvgIpc) is 3.06. The van der Waals surface area contributed by atoms with E-state index in [-0.39, 0.29) is 11.6 Å². The molecule has 5 rings (SSSR count). The second kappa shape index (κ2) is 8.01. The van der Waals surface area contributed by atoms with Gasteiger partial charge in [-0.05, 0) is 36.8 Å². The van der Waals surface area contributed by atoms with Crippen molar-refractivity contribution in [3.63, 3.8) is 0 Å². The number of hydrogen-bond donors (Lipinski definition) is 1. The predicted octanol–water partition coefficient (Wildman–Crippen LogP) is 5.99. The molecule has 0 saturated carbocycles. The highest BCUT2D eigenvalue weighted by molar-refractivity contribution is 8.04. The molecule has 158 valence electrons. The van der Waals surface area contributed by atoms with Gasteiger partial charge in [0.25, 0.3) is 11.6 Å². The molecule has 7 heteroatoms. The lowest BCUT2D eigenvalue weighted by atomic mass is 10.1. The number of anilines is 1. The maximum atomic E-state index is 12.7. The number of carbonyl (C=O) groups is 1. The van der Waals surface area contributed by atoms with Gasteiger partial charge in [0.2, 0.25) is 0 Å². The van der Waals surface area contributed by atoms with E-state index in [1.807, 2.05) is 49.4 Å². The van der Waals surface area contributed by atoms with Crippen LogP contribution in [0.5, 0.6) is 0 Å². The largest absolute Gasteiger partial charge is 0.340 e. The van der Waals surface area contributed by atoms with Crippen LogP contribution in [0.4, 0.5) is 11.4 Å². The Hall–Kier alpha value is -3.84. The van der Waals surface area contributed by atoms with Gasteiger partial charge in [0.15, 0.2) is 0 Å². The maximum Gasteiger partial charge on any atom is 0.269 e.